The zero-order valence-corrected chi connectivity index (χ0v) is 19.5. The van der Waals surface area contributed by atoms with Gasteiger partial charge in [-0.15, -0.1) is 0 Å². The maximum Gasteiger partial charge on any atom is 0.263 e. The number of halogens is 1. The first-order chi connectivity index (χ1) is 16.0. The molecule has 1 aliphatic rings. The van der Waals surface area contributed by atoms with Crippen LogP contribution in [-0.2, 0) is 22.7 Å². The summed E-state index contributed by atoms with van der Waals surface area (Å²) < 4.78 is 5.93. The number of nitrogens with one attached hydrogen (secondary N) is 1. The molecule has 0 saturated heterocycles. The molecule has 0 fully saturated rings. The fraction of sp³-hybridized carbons (Fsp3) is 0.259. The molecule has 170 valence electrons. The van der Waals surface area contributed by atoms with Gasteiger partial charge < -0.3 is 15.0 Å². The van der Waals surface area contributed by atoms with Gasteiger partial charge in [0.05, 0.1) is 5.92 Å². The number of nitrogens with zero attached hydrogens (tertiary/aromatic N) is 1. The number of carbonyl (C=O) groups is 2. The molecule has 0 bridgehead atoms. The van der Waals surface area contributed by atoms with Crippen molar-refractivity contribution in [3.05, 3.63) is 94.5 Å². The van der Waals surface area contributed by atoms with Crippen molar-refractivity contribution in [1.29, 1.82) is 0 Å². The topological polar surface area (TPSA) is 58.6 Å². The van der Waals surface area contributed by atoms with Gasteiger partial charge in [-0.2, -0.15) is 0 Å². The lowest BCUT2D eigenvalue weighted by molar-refractivity contribution is -0.138. The van der Waals surface area contributed by atoms with Gasteiger partial charge in [0, 0.05) is 29.4 Å². The third-order valence-electron chi connectivity index (χ3n) is 5.90. The average Bonchev–Trinajstić information content (AvgIpc) is 2.93. The van der Waals surface area contributed by atoms with E-state index in [1.807, 2.05) is 79.7 Å². The zero-order valence-electron chi connectivity index (χ0n) is 18.8. The van der Waals surface area contributed by atoms with E-state index in [2.05, 4.69) is 5.32 Å². The van der Waals surface area contributed by atoms with Gasteiger partial charge in [0.2, 0.25) is 5.91 Å². The van der Waals surface area contributed by atoms with E-state index in [0.717, 1.165) is 16.7 Å². The van der Waals surface area contributed by atoms with Crippen LogP contribution in [0.3, 0.4) is 0 Å². The molecule has 0 spiro atoms. The molecule has 6 heteroatoms. The van der Waals surface area contributed by atoms with E-state index >= 15 is 0 Å². The molecule has 1 aliphatic heterocycles. The minimum atomic E-state index is -0.614. The molecule has 0 saturated carbocycles. The number of hydrogen-bond donors (Lipinski definition) is 1. The van der Waals surface area contributed by atoms with Crippen LogP contribution in [-0.4, -0.2) is 22.8 Å². The summed E-state index contributed by atoms with van der Waals surface area (Å²) in [5.41, 5.74) is 3.38. The Kier molecular flexibility index (Phi) is 6.99. The Bertz CT molecular complexity index is 1150. The van der Waals surface area contributed by atoms with Crippen LogP contribution in [0.1, 0.15) is 42.9 Å². The molecule has 3 aromatic rings. The lowest BCUT2D eigenvalue weighted by Crippen LogP contribution is -2.37. The quantitative estimate of drug-likeness (QED) is 0.505. The second kappa shape index (κ2) is 10.1. The number of carbonyl (C=O) groups excluding carboxylic acids is 2. The van der Waals surface area contributed by atoms with E-state index < -0.39 is 6.10 Å². The average molecular weight is 463 g/mol. The van der Waals surface area contributed by atoms with Crippen LogP contribution < -0.4 is 10.1 Å². The van der Waals surface area contributed by atoms with Gasteiger partial charge in [-0.3, -0.25) is 9.59 Å². The summed E-state index contributed by atoms with van der Waals surface area (Å²) in [4.78, 5) is 27.7. The molecular weight excluding hydrogens is 436 g/mol. The highest BCUT2D eigenvalue weighted by molar-refractivity contribution is 6.31. The molecule has 2 atom stereocenters. The Hall–Kier alpha value is -3.31. The predicted molar refractivity (Wildman–Crippen MR) is 130 cm³/mol. The van der Waals surface area contributed by atoms with Crippen LogP contribution in [0.15, 0.2) is 72.8 Å². The van der Waals surface area contributed by atoms with Crippen LogP contribution in [0.2, 0.25) is 5.02 Å². The molecule has 33 heavy (non-hydrogen) atoms. The van der Waals surface area contributed by atoms with Crippen molar-refractivity contribution in [1.82, 2.24) is 4.90 Å². The Labute approximate surface area is 199 Å². The normalized spacial score (nSPS) is 16.4. The van der Waals surface area contributed by atoms with Crippen molar-refractivity contribution in [3.8, 4) is 5.75 Å². The summed E-state index contributed by atoms with van der Waals surface area (Å²) in [6, 6.07) is 22.8. The summed E-state index contributed by atoms with van der Waals surface area (Å²) in [6.07, 6.45) is 0.0818. The summed E-state index contributed by atoms with van der Waals surface area (Å²) in [7, 11) is 0. The number of rotatable bonds is 6. The number of amides is 2. The minimum Gasteiger partial charge on any atom is -0.481 e. The van der Waals surface area contributed by atoms with Crippen LogP contribution in [0.25, 0.3) is 0 Å². The van der Waals surface area contributed by atoms with Gasteiger partial charge in [-0.25, -0.2) is 0 Å². The number of fused-ring (bicyclic) bond motifs is 1. The highest BCUT2D eigenvalue weighted by atomic mass is 35.5. The Morgan fingerprint density at radius 3 is 2.58 bits per heavy atom. The van der Waals surface area contributed by atoms with E-state index in [0.29, 0.717) is 36.0 Å². The van der Waals surface area contributed by atoms with Crippen LogP contribution in [0, 0.1) is 0 Å². The maximum absolute atomic E-state index is 13.0. The van der Waals surface area contributed by atoms with E-state index in [9.17, 15) is 9.59 Å². The minimum absolute atomic E-state index is 0.0597. The SMILES string of the molecule is CC[C@@H](C(=O)Nc1ccc2c(c1)CN(Cc1ccccc1Cl)C(=O)[C@@H](C)O2)c1ccccc1. The predicted octanol–water partition coefficient (Wildman–Crippen LogP) is 5.78. The van der Waals surface area contributed by atoms with Gasteiger partial charge in [-0.1, -0.05) is 67.1 Å². The largest absolute Gasteiger partial charge is 0.481 e. The summed E-state index contributed by atoms with van der Waals surface area (Å²) >= 11 is 6.33. The zero-order chi connectivity index (χ0) is 23.4. The molecule has 3 aromatic carbocycles. The molecule has 4 rings (SSSR count). The lowest BCUT2D eigenvalue weighted by atomic mass is 9.95. The number of ether oxygens (including phenoxy) is 1. The molecule has 5 nitrogen and oxygen atoms in total. The van der Waals surface area contributed by atoms with Gasteiger partial charge in [0.15, 0.2) is 6.10 Å². The van der Waals surface area contributed by atoms with Crippen LogP contribution in [0.5, 0.6) is 5.75 Å². The molecular formula is C27H27ClN2O3. The Morgan fingerprint density at radius 2 is 1.85 bits per heavy atom. The van der Waals surface area contributed by atoms with Gasteiger partial charge in [0.1, 0.15) is 5.75 Å². The molecule has 2 amide bonds. The fourth-order valence-corrected chi connectivity index (χ4v) is 4.33. The van der Waals surface area contributed by atoms with E-state index in [1.54, 1.807) is 11.8 Å². The second-order valence-electron chi connectivity index (χ2n) is 8.23. The van der Waals surface area contributed by atoms with E-state index in [1.165, 1.54) is 0 Å². The molecule has 0 aliphatic carbocycles. The molecule has 0 unspecified atom stereocenters. The van der Waals surface area contributed by atoms with Crippen molar-refractivity contribution < 1.29 is 14.3 Å². The summed E-state index contributed by atoms with van der Waals surface area (Å²) in [5, 5.41) is 3.66. The number of benzene rings is 3. The maximum atomic E-state index is 13.0. The van der Waals surface area contributed by atoms with Crippen LogP contribution >= 0.6 is 11.6 Å². The Morgan fingerprint density at radius 1 is 1.12 bits per heavy atom. The first-order valence-electron chi connectivity index (χ1n) is 11.1. The van der Waals surface area contributed by atoms with Crippen molar-refractivity contribution in [2.75, 3.05) is 5.32 Å². The van der Waals surface area contributed by atoms with Crippen molar-refractivity contribution >= 4 is 29.1 Å². The van der Waals surface area contributed by atoms with E-state index in [4.69, 9.17) is 16.3 Å². The highest BCUT2D eigenvalue weighted by Gasteiger charge is 2.29. The first kappa shape index (κ1) is 22.9. The monoisotopic (exact) mass is 462 g/mol. The third-order valence-corrected chi connectivity index (χ3v) is 6.27. The molecule has 0 aromatic heterocycles. The second-order valence-corrected chi connectivity index (χ2v) is 8.64. The highest BCUT2D eigenvalue weighted by Crippen LogP contribution is 2.31. The fourth-order valence-electron chi connectivity index (χ4n) is 4.13. The Balaban J connectivity index is 1.56. The van der Waals surface area contributed by atoms with Gasteiger partial charge in [-0.05, 0) is 48.7 Å². The van der Waals surface area contributed by atoms with Crippen LogP contribution in [0.4, 0.5) is 5.69 Å². The molecule has 0 radical (unpaired) electrons. The standard InChI is InChI=1S/C27H27ClN2O3/c1-3-23(19-9-5-4-6-10-19)26(31)29-22-13-14-25-21(15-22)17-30(27(32)18(2)33-25)16-20-11-7-8-12-24(20)28/h4-15,18,23H,3,16-17H2,1-2H3,(H,29,31)/t18-,23-/m1/s1. The lowest BCUT2D eigenvalue weighted by Gasteiger charge is -2.23. The smallest absolute Gasteiger partial charge is 0.263 e. The number of anilines is 1. The molecule has 1 heterocycles. The van der Waals surface area contributed by atoms with Gasteiger partial charge >= 0.3 is 0 Å². The van der Waals surface area contributed by atoms with Crippen molar-refractivity contribution in [3.63, 3.8) is 0 Å². The molecule has 1 N–H and O–H groups in total. The summed E-state index contributed by atoms with van der Waals surface area (Å²) in [5.74, 6) is 0.243. The van der Waals surface area contributed by atoms with Crippen molar-refractivity contribution in [2.24, 2.45) is 0 Å². The first-order valence-corrected chi connectivity index (χ1v) is 11.5. The van der Waals surface area contributed by atoms with Gasteiger partial charge in [0.25, 0.3) is 5.91 Å². The summed E-state index contributed by atoms with van der Waals surface area (Å²) in [6.45, 7) is 4.50. The third kappa shape index (κ3) is 5.20. The number of hydrogen-bond acceptors (Lipinski definition) is 3. The van der Waals surface area contributed by atoms with E-state index in [-0.39, 0.29) is 17.7 Å². The van der Waals surface area contributed by atoms with Crippen molar-refractivity contribution in [2.45, 2.75) is 45.4 Å².